The minimum atomic E-state index is -0.656. The van der Waals surface area contributed by atoms with Gasteiger partial charge in [-0.1, -0.05) is 6.07 Å². The maximum Gasteiger partial charge on any atom is 0.254 e. The number of primary amides is 1. The van der Waals surface area contributed by atoms with Crippen molar-refractivity contribution in [2.24, 2.45) is 23.0 Å². The molecule has 1 aromatic carbocycles. The molecule has 4 fully saturated rings. The van der Waals surface area contributed by atoms with Crippen LogP contribution in [0.25, 0.3) is 0 Å². The number of methoxy groups -OCH3 is 1. The lowest BCUT2D eigenvalue weighted by Gasteiger charge is -2.61. The normalized spacial score (nSPS) is 35.4. The van der Waals surface area contributed by atoms with Crippen LogP contribution in [0.3, 0.4) is 0 Å². The third-order valence-electron chi connectivity index (χ3n) is 6.39. The van der Waals surface area contributed by atoms with E-state index in [9.17, 15) is 14.0 Å². The SMILES string of the molecule is COc1cccc(C(=O)NC23CC4CC(C2)CC(C(N)=O)(C4)C3)c1F. The van der Waals surface area contributed by atoms with E-state index < -0.39 is 22.7 Å². The number of nitrogens with two attached hydrogens (primary N) is 1. The van der Waals surface area contributed by atoms with E-state index in [1.54, 1.807) is 6.07 Å². The van der Waals surface area contributed by atoms with Crippen molar-refractivity contribution in [3.63, 3.8) is 0 Å². The first-order valence-corrected chi connectivity index (χ1v) is 8.81. The standard InChI is InChI=1S/C19H23FN2O3/c1-25-14-4-2-3-13(15(14)20)16(23)22-19-8-11-5-12(9-19)7-18(6-11,10-19)17(21)24/h2-4,11-12H,5-10H2,1H3,(H2,21,24)(H,22,23). The molecular weight excluding hydrogens is 323 g/mol. The summed E-state index contributed by atoms with van der Waals surface area (Å²) in [7, 11) is 1.37. The van der Waals surface area contributed by atoms with Crippen LogP contribution in [0.5, 0.6) is 5.75 Å². The van der Waals surface area contributed by atoms with Crippen molar-refractivity contribution in [2.45, 2.75) is 44.1 Å². The average molecular weight is 346 g/mol. The maximum atomic E-state index is 14.4. The minimum Gasteiger partial charge on any atom is -0.494 e. The summed E-state index contributed by atoms with van der Waals surface area (Å²) in [6, 6.07) is 4.54. The van der Waals surface area contributed by atoms with Crippen molar-refractivity contribution in [3.8, 4) is 5.75 Å². The van der Waals surface area contributed by atoms with Gasteiger partial charge in [-0.25, -0.2) is 4.39 Å². The van der Waals surface area contributed by atoms with E-state index in [4.69, 9.17) is 10.5 Å². The fraction of sp³-hybridized carbons (Fsp3) is 0.579. The number of carbonyl (C=O) groups excluding carboxylic acids is 2. The third-order valence-corrected chi connectivity index (χ3v) is 6.39. The van der Waals surface area contributed by atoms with Gasteiger partial charge in [-0.3, -0.25) is 9.59 Å². The Morgan fingerprint density at radius 3 is 2.52 bits per heavy atom. The fourth-order valence-electron chi connectivity index (χ4n) is 5.85. The summed E-state index contributed by atoms with van der Waals surface area (Å²) >= 11 is 0. The summed E-state index contributed by atoms with van der Waals surface area (Å²) in [5.74, 6) is -0.497. The summed E-state index contributed by atoms with van der Waals surface area (Å²) < 4.78 is 19.4. The van der Waals surface area contributed by atoms with E-state index >= 15 is 0 Å². The predicted octanol–water partition coefficient (Wildman–Crippen LogP) is 2.39. The van der Waals surface area contributed by atoms with Crippen LogP contribution in [0.15, 0.2) is 18.2 Å². The highest BCUT2D eigenvalue weighted by Crippen LogP contribution is 2.61. The second-order valence-electron chi connectivity index (χ2n) is 8.16. The predicted molar refractivity (Wildman–Crippen MR) is 89.5 cm³/mol. The Kier molecular flexibility index (Phi) is 3.56. The topological polar surface area (TPSA) is 81.4 Å². The van der Waals surface area contributed by atoms with E-state index in [0.717, 1.165) is 32.1 Å². The van der Waals surface area contributed by atoms with Crippen LogP contribution < -0.4 is 15.8 Å². The van der Waals surface area contributed by atoms with Crippen LogP contribution in [0.2, 0.25) is 0 Å². The van der Waals surface area contributed by atoms with Crippen LogP contribution >= 0.6 is 0 Å². The number of hydrogen-bond acceptors (Lipinski definition) is 3. The zero-order chi connectivity index (χ0) is 17.8. The maximum absolute atomic E-state index is 14.4. The molecule has 2 unspecified atom stereocenters. The quantitative estimate of drug-likeness (QED) is 0.878. The Hall–Kier alpha value is -2.11. The van der Waals surface area contributed by atoms with Gasteiger partial charge in [-0.15, -0.1) is 0 Å². The number of carbonyl (C=O) groups is 2. The number of halogens is 1. The van der Waals surface area contributed by atoms with Gasteiger partial charge in [0.15, 0.2) is 11.6 Å². The van der Waals surface area contributed by atoms with Crippen molar-refractivity contribution in [3.05, 3.63) is 29.6 Å². The number of hydrogen-bond donors (Lipinski definition) is 2. The summed E-state index contributed by atoms with van der Waals surface area (Å²) in [6.45, 7) is 0. The van der Waals surface area contributed by atoms with Gasteiger partial charge in [-0.05, 0) is 62.5 Å². The number of amides is 2. The summed E-state index contributed by atoms with van der Waals surface area (Å²) in [5.41, 5.74) is 4.74. The van der Waals surface area contributed by atoms with Crippen molar-refractivity contribution in [1.29, 1.82) is 0 Å². The number of ether oxygens (including phenoxy) is 1. The molecule has 2 amide bonds. The zero-order valence-corrected chi connectivity index (χ0v) is 14.3. The summed E-state index contributed by atoms with van der Waals surface area (Å²) in [5, 5.41) is 3.07. The van der Waals surface area contributed by atoms with Crippen LogP contribution in [-0.2, 0) is 4.79 Å². The lowest BCUT2D eigenvalue weighted by molar-refractivity contribution is -0.146. The van der Waals surface area contributed by atoms with E-state index in [-0.39, 0.29) is 17.2 Å². The van der Waals surface area contributed by atoms with Gasteiger partial charge in [0.2, 0.25) is 5.91 Å². The van der Waals surface area contributed by atoms with Crippen LogP contribution in [-0.4, -0.2) is 24.5 Å². The highest BCUT2D eigenvalue weighted by Gasteiger charge is 2.60. The van der Waals surface area contributed by atoms with E-state index in [2.05, 4.69) is 5.32 Å². The molecule has 4 saturated carbocycles. The molecule has 0 radical (unpaired) electrons. The average Bonchev–Trinajstić information content (AvgIpc) is 2.53. The molecule has 134 valence electrons. The molecule has 5 rings (SSSR count). The molecule has 0 saturated heterocycles. The van der Waals surface area contributed by atoms with Crippen LogP contribution in [0, 0.1) is 23.1 Å². The highest BCUT2D eigenvalue weighted by molar-refractivity contribution is 5.95. The molecular formula is C19H23FN2O3. The van der Waals surface area contributed by atoms with Crippen molar-refractivity contribution >= 4 is 11.8 Å². The molecule has 6 heteroatoms. The molecule has 4 bridgehead atoms. The fourth-order valence-corrected chi connectivity index (χ4v) is 5.85. The van der Waals surface area contributed by atoms with Gasteiger partial charge >= 0.3 is 0 Å². The Bertz CT molecular complexity index is 734. The molecule has 25 heavy (non-hydrogen) atoms. The highest BCUT2D eigenvalue weighted by atomic mass is 19.1. The van der Waals surface area contributed by atoms with Gasteiger partial charge in [0, 0.05) is 5.54 Å². The first kappa shape index (κ1) is 16.4. The number of nitrogens with one attached hydrogen (secondary N) is 1. The second-order valence-corrected chi connectivity index (χ2v) is 8.16. The molecule has 4 aliphatic carbocycles. The Morgan fingerprint density at radius 1 is 1.24 bits per heavy atom. The smallest absolute Gasteiger partial charge is 0.254 e. The Labute approximate surface area is 146 Å². The van der Waals surface area contributed by atoms with E-state index in [1.165, 1.54) is 19.2 Å². The van der Waals surface area contributed by atoms with Gasteiger partial charge in [-0.2, -0.15) is 0 Å². The third kappa shape index (κ3) is 2.50. The van der Waals surface area contributed by atoms with Crippen molar-refractivity contribution < 1.29 is 18.7 Å². The summed E-state index contributed by atoms with van der Waals surface area (Å²) in [6.07, 6.45) is 5.00. The largest absolute Gasteiger partial charge is 0.494 e. The Balaban J connectivity index is 1.62. The monoisotopic (exact) mass is 346 g/mol. The van der Waals surface area contributed by atoms with E-state index in [0.29, 0.717) is 18.3 Å². The lowest BCUT2D eigenvalue weighted by atomic mass is 9.46. The van der Waals surface area contributed by atoms with Gasteiger partial charge < -0.3 is 15.8 Å². The molecule has 1 aromatic rings. The first-order chi connectivity index (χ1) is 11.9. The second kappa shape index (κ2) is 5.44. The summed E-state index contributed by atoms with van der Waals surface area (Å²) in [4.78, 5) is 24.9. The van der Waals surface area contributed by atoms with Crippen molar-refractivity contribution in [1.82, 2.24) is 5.32 Å². The van der Waals surface area contributed by atoms with Crippen LogP contribution in [0.4, 0.5) is 4.39 Å². The Morgan fingerprint density at radius 2 is 1.92 bits per heavy atom. The van der Waals surface area contributed by atoms with Gasteiger partial charge in [0.25, 0.3) is 5.91 Å². The zero-order valence-electron chi connectivity index (χ0n) is 14.3. The lowest BCUT2D eigenvalue weighted by Crippen LogP contribution is -2.65. The molecule has 0 aliphatic heterocycles. The molecule has 0 spiro atoms. The molecule has 5 nitrogen and oxygen atoms in total. The molecule has 0 aromatic heterocycles. The number of rotatable bonds is 4. The molecule has 2 atom stereocenters. The molecule has 4 aliphatic rings. The van der Waals surface area contributed by atoms with Crippen molar-refractivity contribution in [2.75, 3.05) is 7.11 Å². The van der Waals surface area contributed by atoms with Gasteiger partial charge in [0.1, 0.15) is 0 Å². The van der Waals surface area contributed by atoms with E-state index in [1.807, 2.05) is 0 Å². The molecule has 3 N–H and O–H groups in total. The van der Waals surface area contributed by atoms with Gasteiger partial charge in [0.05, 0.1) is 18.1 Å². The first-order valence-electron chi connectivity index (χ1n) is 8.81. The molecule has 0 heterocycles. The van der Waals surface area contributed by atoms with Crippen LogP contribution in [0.1, 0.15) is 48.9 Å². The number of benzene rings is 1. The minimum absolute atomic E-state index is 0.0248.